The van der Waals surface area contributed by atoms with E-state index in [1.54, 1.807) is 11.8 Å². The molecule has 1 aromatic heterocycles. The van der Waals surface area contributed by atoms with Gasteiger partial charge in [-0.05, 0) is 31.5 Å². The highest BCUT2D eigenvalue weighted by Gasteiger charge is 2.23. The van der Waals surface area contributed by atoms with Gasteiger partial charge in [0.15, 0.2) is 0 Å². The van der Waals surface area contributed by atoms with Crippen LogP contribution in [0.1, 0.15) is 29.4 Å². The summed E-state index contributed by atoms with van der Waals surface area (Å²) in [6.45, 7) is 6.02. The van der Waals surface area contributed by atoms with E-state index in [-0.39, 0.29) is 11.8 Å². The van der Waals surface area contributed by atoms with Crippen LogP contribution in [0.3, 0.4) is 0 Å². The molecule has 126 valence electrons. The lowest BCUT2D eigenvalue weighted by atomic mass is 10.1. The summed E-state index contributed by atoms with van der Waals surface area (Å²) in [5, 5.41) is 0.862. The quantitative estimate of drug-likeness (QED) is 0.752. The topological polar surface area (TPSA) is 53.5 Å². The normalized spacial score (nSPS) is 15.5. The number of hydrogen-bond acceptors (Lipinski definition) is 3. The molecular formula is C18H20BrN3O2. The van der Waals surface area contributed by atoms with Crippen molar-refractivity contribution in [2.75, 3.05) is 26.2 Å². The minimum atomic E-state index is 0.0122. The van der Waals surface area contributed by atoms with E-state index < -0.39 is 0 Å². The summed E-state index contributed by atoms with van der Waals surface area (Å²) in [5.74, 6) is 0.0811. The Balaban J connectivity index is 1.92. The summed E-state index contributed by atoms with van der Waals surface area (Å²) >= 11 is 3.45. The van der Waals surface area contributed by atoms with Gasteiger partial charge >= 0.3 is 0 Å². The first-order valence-corrected chi connectivity index (χ1v) is 8.86. The van der Waals surface area contributed by atoms with E-state index in [9.17, 15) is 9.59 Å². The highest BCUT2D eigenvalue weighted by molar-refractivity contribution is 9.10. The van der Waals surface area contributed by atoms with Gasteiger partial charge in [0.1, 0.15) is 0 Å². The fourth-order valence-corrected chi connectivity index (χ4v) is 3.47. The lowest BCUT2D eigenvalue weighted by molar-refractivity contribution is -0.128. The summed E-state index contributed by atoms with van der Waals surface area (Å²) in [5.41, 5.74) is 2.32. The second-order valence-electron chi connectivity index (χ2n) is 6.12. The molecular weight excluding hydrogens is 370 g/mol. The minimum Gasteiger partial charge on any atom is -0.341 e. The lowest BCUT2D eigenvalue weighted by Gasteiger charge is -2.22. The zero-order chi connectivity index (χ0) is 17.3. The fraction of sp³-hybridized carbons (Fsp3) is 0.389. The first kappa shape index (κ1) is 16.9. The van der Waals surface area contributed by atoms with E-state index >= 15 is 0 Å². The Hall–Kier alpha value is -1.95. The maximum atomic E-state index is 13.1. The number of carbonyl (C=O) groups excluding carboxylic acids is 2. The molecule has 2 heterocycles. The molecule has 6 heteroatoms. The van der Waals surface area contributed by atoms with Gasteiger partial charge in [-0.3, -0.25) is 14.6 Å². The molecule has 1 aromatic carbocycles. The summed E-state index contributed by atoms with van der Waals surface area (Å²) < 4.78 is 0.943. The van der Waals surface area contributed by atoms with Gasteiger partial charge in [0.25, 0.3) is 5.91 Å². The Morgan fingerprint density at radius 1 is 1.08 bits per heavy atom. The highest BCUT2D eigenvalue weighted by Crippen LogP contribution is 2.24. The van der Waals surface area contributed by atoms with Crippen molar-refractivity contribution >= 4 is 38.6 Å². The zero-order valence-electron chi connectivity index (χ0n) is 13.9. The molecule has 1 aliphatic rings. The minimum absolute atomic E-state index is 0.0122. The van der Waals surface area contributed by atoms with Crippen molar-refractivity contribution in [3.63, 3.8) is 0 Å². The van der Waals surface area contributed by atoms with Gasteiger partial charge in [-0.15, -0.1) is 0 Å². The average Bonchev–Trinajstić information content (AvgIpc) is 2.79. The molecule has 0 N–H and O–H groups in total. The maximum absolute atomic E-state index is 13.1. The third-order valence-corrected chi connectivity index (χ3v) is 4.85. The van der Waals surface area contributed by atoms with Gasteiger partial charge in [-0.2, -0.15) is 0 Å². The van der Waals surface area contributed by atoms with E-state index in [0.29, 0.717) is 31.7 Å². The molecule has 2 amide bonds. The smallest absolute Gasteiger partial charge is 0.254 e. The first-order valence-electron chi connectivity index (χ1n) is 8.07. The lowest BCUT2D eigenvalue weighted by Crippen LogP contribution is -2.36. The fourth-order valence-electron chi connectivity index (χ4n) is 3.12. The van der Waals surface area contributed by atoms with Gasteiger partial charge in [0.05, 0.1) is 11.1 Å². The van der Waals surface area contributed by atoms with E-state index in [0.717, 1.165) is 27.5 Å². The molecule has 3 rings (SSSR count). The first-order chi connectivity index (χ1) is 11.5. The van der Waals surface area contributed by atoms with Crippen molar-refractivity contribution in [1.29, 1.82) is 0 Å². The summed E-state index contributed by atoms with van der Waals surface area (Å²) in [4.78, 5) is 32.8. The number of nitrogens with zero attached hydrogens (tertiary/aromatic N) is 3. The second-order valence-corrected chi connectivity index (χ2v) is 7.04. The molecule has 5 nitrogen and oxygen atoms in total. The molecule has 0 atom stereocenters. The molecule has 0 saturated carbocycles. The molecule has 1 fully saturated rings. The molecule has 0 radical (unpaired) electrons. The number of fused-ring (bicyclic) bond motifs is 1. The average molecular weight is 390 g/mol. The number of carbonyl (C=O) groups is 2. The van der Waals surface area contributed by atoms with Crippen LogP contribution in [0.2, 0.25) is 0 Å². The Kier molecular flexibility index (Phi) is 4.85. The van der Waals surface area contributed by atoms with Gasteiger partial charge in [0.2, 0.25) is 5.91 Å². The largest absolute Gasteiger partial charge is 0.341 e. The predicted molar refractivity (Wildman–Crippen MR) is 97.0 cm³/mol. The predicted octanol–water partition coefficient (Wildman–Crippen LogP) is 3.00. The molecule has 0 bridgehead atoms. The van der Waals surface area contributed by atoms with Crippen molar-refractivity contribution < 1.29 is 9.59 Å². The van der Waals surface area contributed by atoms with Crippen LogP contribution in [-0.4, -0.2) is 52.8 Å². The number of aromatic nitrogens is 1. The zero-order valence-corrected chi connectivity index (χ0v) is 15.5. The van der Waals surface area contributed by atoms with Gasteiger partial charge in [0, 0.05) is 48.7 Å². The summed E-state index contributed by atoms with van der Waals surface area (Å²) in [7, 11) is 0. The maximum Gasteiger partial charge on any atom is 0.254 e. The van der Waals surface area contributed by atoms with Crippen molar-refractivity contribution in [2.45, 2.75) is 20.3 Å². The van der Waals surface area contributed by atoms with Crippen LogP contribution in [0, 0.1) is 6.92 Å². The molecule has 0 spiro atoms. The van der Waals surface area contributed by atoms with E-state index in [4.69, 9.17) is 0 Å². The van der Waals surface area contributed by atoms with Crippen LogP contribution in [0.5, 0.6) is 0 Å². The highest BCUT2D eigenvalue weighted by atomic mass is 79.9. The van der Waals surface area contributed by atoms with Crippen molar-refractivity contribution in [3.8, 4) is 0 Å². The third kappa shape index (κ3) is 3.43. The van der Waals surface area contributed by atoms with Crippen LogP contribution in [0.25, 0.3) is 10.9 Å². The Morgan fingerprint density at radius 3 is 2.54 bits per heavy atom. The van der Waals surface area contributed by atoms with Crippen LogP contribution >= 0.6 is 15.9 Å². The van der Waals surface area contributed by atoms with Crippen LogP contribution in [-0.2, 0) is 4.79 Å². The van der Waals surface area contributed by atoms with Gasteiger partial charge in [-0.25, -0.2) is 0 Å². The van der Waals surface area contributed by atoms with Crippen molar-refractivity contribution in [3.05, 3.63) is 40.0 Å². The molecule has 0 unspecified atom stereocenters. The van der Waals surface area contributed by atoms with Crippen LogP contribution < -0.4 is 0 Å². The number of pyridine rings is 1. The molecule has 0 aliphatic carbocycles. The SMILES string of the molecule is CC(=O)N1CCCN(C(=O)c2cc(C)nc3cc(Br)ccc23)CC1. The number of hydrogen-bond donors (Lipinski definition) is 0. The van der Waals surface area contributed by atoms with Crippen LogP contribution in [0.15, 0.2) is 28.7 Å². The standard InChI is InChI=1S/C18H20BrN3O2/c1-12-10-16(15-5-4-14(19)11-17(15)20-12)18(24)22-7-3-6-21(8-9-22)13(2)23/h4-5,10-11H,3,6-9H2,1-2H3. The number of aryl methyl sites for hydroxylation is 1. The van der Waals surface area contributed by atoms with Crippen LogP contribution in [0.4, 0.5) is 0 Å². The Morgan fingerprint density at radius 2 is 1.79 bits per heavy atom. The second kappa shape index (κ2) is 6.89. The van der Waals surface area contributed by atoms with E-state index in [1.165, 1.54) is 0 Å². The number of amides is 2. The van der Waals surface area contributed by atoms with E-state index in [2.05, 4.69) is 20.9 Å². The number of rotatable bonds is 1. The molecule has 1 aliphatic heterocycles. The number of halogens is 1. The van der Waals surface area contributed by atoms with Crippen molar-refractivity contribution in [1.82, 2.24) is 14.8 Å². The molecule has 24 heavy (non-hydrogen) atoms. The third-order valence-electron chi connectivity index (χ3n) is 4.36. The van der Waals surface area contributed by atoms with Crippen molar-refractivity contribution in [2.24, 2.45) is 0 Å². The molecule has 2 aromatic rings. The summed E-state index contributed by atoms with van der Waals surface area (Å²) in [6.07, 6.45) is 0.804. The monoisotopic (exact) mass is 389 g/mol. The van der Waals surface area contributed by atoms with Gasteiger partial charge in [-0.1, -0.05) is 22.0 Å². The van der Waals surface area contributed by atoms with Gasteiger partial charge < -0.3 is 9.80 Å². The molecule has 1 saturated heterocycles. The Labute approximate surface area is 149 Å². The van der Waals surface area contributed by atoms with E-state index in [1.807, 2.05) is 36.1 Å². The Bertz CT molecular complexity index is 801. The number of benzene rings is 1. The summed E-state index contributed by atoms with van der Waals surface area (Å²) in [6, 6.07) is 7.64.